The predicted octanol–water partition coefficient (Wildman–Crippen LogP) is 1.56. The van der Waals surface area contributed by atoms with Gasteiger partial charge in [-0.3, -0.25) is 15.2 Å². The number of nitrogens with zero attached hydrogens (tertiary/aromatic N) is 3. The SMILES string of the molecule is C[C@@H](O)[C@H]1C(=O)N2C(C(=O)O)=C(SC3CN(C(=N)CCc4cccnc4)C3)[C@H](C)[C@H]12. The lowest BCUT2D eigenvalue weighted by atomic mass is 9.79. The molecule has 3 aliphatic heterocycles. The highest BCUT2D eigenvalue weighted by Gasteiger charge is 2.60. The Morgan fingerprint density at radius 2 is 2.17 bits per heavy atom. The highest BCUT2D eigenvalue weighted by Crippen LogP contribution is 2.51. The van der Waals surface area contributed by atoms with E-state index in [4.69, 9.17) is 5.41 Å². The fourth-order valence-corrected chi connectivity index (χ4v) is 6.08. The van der Waals surface area contributed by atoms with Crippen LogP contribution in [0.5, 0.6) is 0 Å². The Labute approximate surface area is 179 Å². The number of aliphatic hydroxyl groups is 1. The normalized spacial score (nSPS) is 26.9. The number of aliphatic carboxylic acids is 1. The summed E-state index contributed by atoms with van der Waals surface area (Å²) in [5.41, 5.74) is 1.18. The van der Waals surface area contributed by atoms with Crippen LogP contribution in [-0.4, -0.2) is 73.2 Å². The van der Waals surface area contributed by atoms with Crippen LogP contribution in [0.3, 0.4) is 0 Å². The van der Waals surface area contributed by atoms with Crippen LogP contribution in [0.1, 0.15) is 25.8 Å². The number of nitrogens with one attached hydrogen (secondary N) is 1. The number of pyridine rings is 1. The molecule has 4 rings (SSSR count). The summed E-state index contributed by atoms with van der Waals surface area (Å²) in [6.45, 7) is 4.90. The molecule has 1 aromatic heterocycles. The largest absolute Gasteiger partial charge is 0.477 e. The fraction of sp³-hybridized carbons (Fsp3) is 0.524. The molecule has 2 fully saturated rings. The first kappa shape index (κ1) is 20.9. The van der Waals surface area contributed by atoms with Crippen molar-refractivity contribution >= 4 is 29.5 Å². The smallest absolute Gasteiger partial charge is 0.353 e. The van der Waals surface area contributed by atoms with Gasteiger partial charge in [0.05, 0.1) is 23.9 Å². The maximum absolute atomic E-state index is 12.4. The molecule has 0 unspecified atom stereocenters. The number of carbonyl (C=O) groups is 2. The summed E-state index contributed by atoms with van der Waals surface area (Å²) in [5.74, 6) is -1.47. The van der Waals surface area contributed by atoms with Crippen molar-refractivity contribution in [1.29, 1.82) is 5.41 Å². The van der Waals surface area contributed by atoms with Gasteiger partial charge in [0.1, 0.15) is 5.70 Å². The fourth-order valence-electron chi connectivity index (χ4n) is 4.56. The molecule has 8 nitrogen and oxygen atoms in total. The van der Waals surface area contributed by atoms with E-state index in [0.29, 0.717) is 25.3 Å². The zero-order valence-corrected chi connectivity index (χ0v) is 17.8. The Morgan fingerprint density at radius 1 is 1.43 bits per heavy atom. The number of thioether (sulfide) groups is 1. The number of carbonyl (C=O) groups excluding carboxylic acids is 1. The predicted molar refractivity (Wildman–Crippen MR) is 113 cm³/mol. The van der Waals surface area contributed by atoms with E-state index in [2.05, 4.69) is 4.98 Å². The van der Waals surface area contributed by atoms with Crippen molar-refractivity contribution < 1.29 is 19.8 Å². The first-order chi connectivity index (χ1) is 14.3. The van der Waals surface area contributed by atoms with Crippen molar-refractivity contribution in [3.63, 3.8) is 0 Å². The van der Waals surface area contributed by atoms with Crippen molar-refractivity contribution in [1.82, 2.24) is 14.8 Å². The molecule has 4 atom stereocenters. The van der Waals surface area contributed by atoms with Crippen molar-refractivity contribution in [2.24, 2.45) is 11.8 Å². The lowest BCUT2D eigenvalue weighted by molar-refractivity contribution is -0.163. The maximum Gasteiger partial charge on any atom is 0.353 e. The summed E-state index contributed by atoms with van der Waals surface area (Å²) in [6.07, 6.45) is 4.17. The summed E-state index contributed by atoms with van der Waals surface area (Å²) in [6, 6.07) is 3.61. The number of aromatic nitrogens is 1. The zero-order chi connectivity index (χ0) is 21.6. The first-order valence-corrected chi connectivity index (χ1v) is 11.0. The van der Waals surface area contributed by atoms with E-state index in [-0.39, 0.29) is 28.8 Å². The monoisotopic (exact) mass is 430 g/mol. The summed E-state index contributed by atoms with van der Waals surface area (Å²) >= 11 is 1.51. The molecule has 0 radical (unpaired) electrons. The minimum absolute atomic E-state index is 0.0736. The molecule has 30 heavy (non-hydrogen) atoms. The molecular formula is C21H26N4O4S. The molecule has 0 bridgehead atoms. The van der Waals surface area contributed by atoms with Crippen LogP contribution in [0.2, 0.25) is 0 Å². The van der Waals surface area contributed by atoms with E-state index >= 15 is 0 Å². The number of rotatable bonds is 7. The van der Waals surface area contributed by atoms with Gasteiger partial charge < -0.3 is 20.0 Å². The lowest BCUT2D eigenvalue weighted by Crippen LogP contribution is -2.63. The molecule has 0 aromatic carbocycles. The third-order valence-electron chi connectivity index (χ3n) is 6.21. The Bertz CT molecular complexity index is 898. The number of aryl methyl sites for hydroxylation is 1. The molecule has 9 heteroatoms. The minimum Gasteiger partial charge on any atom is -0.477 e. The van der Waals surface area contributed by atoms with E-state index in [1.807, 2.05) is 30.2 Å². The van der Waals surface area contributed by atoms with Crippen LogP contribution in [0.15, 0.2) is 35.1 Å². The van der Waals surface area contributed by atoms with Gasteiger partial charge in [0, 0.05) is 48.0 Å². The second-order valence-corrected chi connectivity index (χ2v) is 9.57. The number of carboxylic acids is 1. The third-order valence-corrected chi connectivity index (χ3v) is 7.66. The molecule has 0 aliphatic carbocycles. The minimum atomic E-state index is -1.09. The Balaban J connectivity index is 1.35. The molecule has 4 heterocycles. The second kappa shape index (κ2) is 8.03. The highest BCUT2D eigenvalue weighted by atomic mass is 32.2. The topological polar surface area (TPSA) is 118 Å². The van der Waals surface area contributed by atoms with Crippen LogP contribution in [-0.2, 0) is 16.0 Å². The quantitative estimate of drug-likeness (QED) is 0.341. The molecular weight excluding hydrogens is 404 g/mol. The standard InChI is InChI=1S/C21H26N4O4S/c1-11-17-16(12(2)26)20(27)25(17)18(21(28)29)19(11)30-14-9-24(10-14)15(22)6-5-13-4-3-7-23-8-13/h3-4,7-8,11-12,14,16-17,22,26H,5-6,9-10H2,1-2H3,(H,28,29)/t11-,12-,16-,17-/m1/s1. The molecule has 1 amide bonds. The summed E-state index contributed by atoms with van der Waals surface area (Å²) in [5, 5.41) is 28.1. The van der Waals surface area contributed by atoms with E-state index in [1.165, 1.54) is 16.7 Å². The van der Waals surface area contributed by atoms with Gasteiger partial charge in [-0.15, -0.1) is 11.8 Å². The van der Waals surface area contributed by atoms with Crippen LogP contribution in [0.4, 0.5) is 0 Å². The lowest BCUT2D eigenvalue weighted by Gasteiger charge is -2.46. The number of fused-ring (bicyclic) bond motifs is 1. The Hall–Kier alpha value is -2.39. The molecule has 3 aliphatic rings. The highest BCUT2D eigenvalue weighted by molar-refractivity contribution is 8.03. The van der Waals surface area contributed by atoms with Gasteiger partial charge in [0.15, 0.2) is 0 Å². The average Bonchev–Trinajstić information content (AvgIpc) is 2.91. The molecule has 0 spiro atoms. The first-order valence-electron chi connectivity index (χ1n) is 10.2. The maximum atomic E-state index is 12.4. The van der Waals surface area contributed by atoms with Crippen LogP contribution < -0.4 is 0 Å². The molecule has 1 aromatic rings. The molecule has 0 saturated carbocycles. The van der Waals surface area contributed by atoms with Gasteiger partial charge in [0.2, 0.25) is 5.91 Å². The van der Waals surface area contributed by atoms with E-state index in [9.17, 15) is 19.8 Å². The van der Waals surface area contributed by atoms with Gasteiger partial charge in [-0.25, -0.2) is 4.79 Å². The number of amides is 1. The van der Waals surface area contributed by atoms with E-state index in [1.54, 1.807) is 13.1 Å². The van der Waals surface area contributed by atoms with E-state index in [0.717, 1.165) is 16.9 Å². The van der Waals surface area contributed by atoms with Gasteiger partial charge in [-0.05, 0) is 25.0 Å². The van der Waals surface area contributed by atoms with Gasteiger partial charge in [-0.2, -0.15) is 0 Å². The van der Waals surface area contributed by atoms with Gasteiger partial charge >= 0.3 is 5.97 Å². The number of aliphatic hydroxyl groups excluding tert-OH is 1. The summed E-state index contributed by atoms with van der Waals surface area (Å²) in [7, 11) is 0. The third kappa shape index (κ3) is 3.50. The molecule has 3 N–H and O–H groups in total. The van der Waals surface area contributed by atoms with Gasteiger partial charge in [-0.1, -0.05) is 13.0 Å². The molecule has 160 valence electrons. The van der Waals surface area contributed by atoms with Crippen molar-refractivity contribution in [2.45, 2.75) is 44.1 Å². The summed E-state index contributed by atoms with van der Waals surface area (Å²) < 4.78 is 0. The second-order valence-electron chi connectivity index (χ2n) is 8.22. The molecule has 2 saturated heterocycles. The van der Waals surface area contributed by atoms with Crippen molar-refractivity contribution in [3.8, 4) is 0 Å². The zero-order valence-electron chi connectivity index (χ0n) is 17.0. The summed E-state index contributed by atoms with van der Waals surface area (Å²) in [4.78, 5) is 32.5. The number of likely N-dealkylation sites (tertiary alicyclic amines) is 1. The van der Waals surface area contributed by atoms with Gasteiger partial charge in [0.25, 0.3) is 0 Å². The number of amidine groups is 1. The van der Waals surface area contributed by atoms with E-state index < -0.39 is 18.0 Å². The number of hydrogen-bond acceptors (Lipinski definition) is 6. The van der Waals surface area contributed by atoms with Crippen LogP contribution in [0.25, 0.3) is 0 Å². The average molecular weight is 431 g/mol. The van der Waals surface area contributed by atoms with Crippen LogP contribution >= 0.6 is 11.8 Å². The number of carboxylic acid groups (broad SMARTS) is 1. The Kier molecular flexibility index (Phi) is 5.59. The van der Waals surface area contributed by atoms with Crippen molar-refractivity contribution in [2.75, 3.05) is 13.1 Å². The Morgan fingerprint density at radius 3 is 2.77 bits per heavy atom. The van der Waals surface area contributed by atoms with Crippen molar-refractivity contribution in [3.05, 3.63) is 40.7 Å². The van der Waals surface area contributed by atoms with Crippen LogP contribution in [0, 0.1) is 17.2 Å². The number of hydrogen-bond donors (Lipinski definition) is 3. The number of β-lactam (4-membered cyclic amide) rings is 1.